The van der Waals surface area contributed by atoms with Crippen molar-refractivity contribution >= 4 is 27.7 Å². The quantitative estimate of drug-likeness (QED) is 0.774. The molecule has 0 spiro atoms. The van der Waals surface area contributed by atoms with E-state index in [1.807, 2.05) is 0 Å². The summed E-state index contributed by atoms with van der Waals surface area (Å²) in [7, 11) is 1.48. The minimum atomic E-state index is -0.607. The summed E-state index contributed by atoms with van der Waals surface area (Å²) in [5.74, 6) is -0.469. The first kappa shape index (κ1) is 15.0. The van der Waals surface area contributed by atoms with Crippen molar-refractivity contribution in [1.29, 1.82) is 0 Å². The van der Waals surface area contributed by atoms with E-state index in [1.165, 1.54) is 7.05 Å². The molecular formula is C13H17BrFNO2. The van der Waals surface area contributed by atoms with Crippen LogP contribution in [0, 0.1) is 12.7 Å². The average Bonchev–Trinajstić information content (AvgIpc) is 2.23. The lowest BCUT2D eigenvalue weighted by Gasteiger charge is -2.25. The Balaban J connectivity index is 3.01. The molecule has 1 amide bonds. The molecule has 0 N–H and O–H groups in total. The van der Waals surface area contributed by atoms with Crippen LogP contribution in [0.5, 0.6) is 0 Å². The second kappa shape index (κ2) is 5.26. The third-order valence-electron chi connectivity index (χ3n) is 2.28. The normalized spacial score (nSPS) is 11.3. The topological polar surface area (TPSA) is 29.5 Å². The summed E-state index contributed by atoms with van der Waals surface area (Å²) in [6.07, 6.45) is -0.586. The second-order valence-corrected chi connectivity index (χ2v) is 5.86. The van der Waals surface area contributed by atoms with E-state index >= 15 is 0 Å². The number of benzene rings is 1. The highest BCUT2D eigenvalue weighted by Gasteiger charge is 2.23. The Hall–Kier alpha value is -1.10. The molecule has 100 valence electrons. The van der Waals surface area contributed by atoms with Gasteiger partial charge in [-0.1, -0.05) is 6.07 Å². The van der Waals surface area contributed by atoms with E-state index in [-0.39, 0.29) is 5.69 Å². The van der Waals surface area contributed by atoms with Crippen molar-refractivity contribution in [2.24, 2.45) is 0 Å². The van der Waals surface area contributed by atoms with Gasteiger partial charge in [0.05, 0.1) is 10.2 Å². The molecule has 0 aliphatic rings. The van der Waals surface area contributed by atoms with E-state index in [1.54, 1.807) is 39.8 Å². The third kappa shape index (κ3) is 3.45. The molecule has 0 saturated carbocycles. The summed E-state index contributed by atoms with van der Waals surface area (Å²) in [6.45, 7) is 7.07. The molecule has 0 bridgehead atoms. The van der Waals surface area contributed by atoms with E-state index in [4.69, 9.17) is 4.74 Å². The van der Waals surface area contributed by atoms with Gasteiger partial charge < -0.3 is 4.74 Å². The average molecular weight is 318 g/mol. The molecule has 0 atom stereocenters. The van der Waals surface area contributed by atoms with Gasteiger partial charge >= 0.3 is 6.09 Å². The summed E-state index contributed by atoms with van der Waals surface area (Å²) in [5, 5.41) is 0. The third-order valence-corrected chi connectivity index (χ3v) is 3.26. The lowest BCUT2D eigenvalue weighted by molar-refractivity contribution is 0.0588. The van der Waals surface area contributed by atoms with Crippen LogP contribution in [0.3, 0.4) is 0 Å². The fraction of sp³-hybridized carbons (Fsp3) is 0.462. The lowest BCUT2D eigenvalue weighted by atomic mass is 10.2. The Morgan fingerprint density at radius 1 is 1.39 bits per heavy atom. The van der Waals surface area contributed by atoms with Crippen LogP contribution in [0.15, 0.2) is 16.6 Å². The Labute approximate surface area is 115 Å². The highest BCUT2D eigenvalue weighted by Crippen LogP contribution is 2.29. The number of carbonyl (C=O) groups excluding carboxylic acids is 1. The predicted molar refractivity (Wildman–Crippen MR) is 73.5 cm³/mol. The van der Waals surface area contributed by atoms with Crippen LogP contribution >= 0.6 is 15.9 Å². The summed E-state index contributed by atoms with van der Waals surface area (Å²) in [6, 6.07) is 3.29. The van der Waals surface area contributed by atoms with Gasteiger partial charge in [-0.2, -0.15) is 0 Å². The van der Waals surface area contributed by atoms with Crippen molar-refractivity contribution in [3.05, 3.63) is 28.0 Å². The fourth-order valence-electron chi connectivity index (χ4n) is 1.32. The lowest BCUT2D eigenvalue weighted by Crippen LogP contribution is -2.34. The van der Waals surface area contributed by atoms with Gasteiger partial charge in [0.2, 0.25) is 0 Å². The van der Waals surface area contributed by atoms with Crippen molar-refractivity contribution in [2.45, 2.75) is 33.3 Å². The Kier molecular flexibility index (Phi) is 4.37. The van der Waals surface area contributed by atoms with E-state index in [2.05, 4.69) is 15.9 Å². The molecule has 0 saturated heterocycles. The number of ether oxygens (including phenoxy) is 1. The molecule has 0 fully saturated rings. The second-order valence-electron chi connectivity index (χ2n) is 5.07. The molecule has 0 unspecified atom stereocenters. The van der Waals surface area contributed by atoms with Crippen molar-refractivity contribution in [3.8, 4) is 0 Å². The molecule has 1 rings (SSSR count). The first-order valence-corrected chi connectivity index (χ1v) is 6.34. The van der Waals surface area contributed by atoms with Crippen molar-refractivity contribution in [1.82, 2.24) is 0 Å². The number of amides is 1. The minimum absolute atomic E-state index is 0.182. The van der Waals surface area contributed by atoms with Gasteiger partial charge in [-0.05, 0) is 55.3 Å². The molecule has 1 aromatic rings. The summed E-state index contributed by atoms with van der Waals surface area (Å²) in [5.41, 5.74) is 0.347. The zero-order chi connectivity index (χ0) is 14.1. The highest BCUT2D eigenvalue weighted by molar-refractivity contribution is 9.10. The van der Waals surface area contributed by atoms with Gasteiger partial charge in [0, 0.05) is 7.05 Å². The number of carbonyl (C=O) groups is 1. The largest absolute Gasteiger partial charge is 0.443 e. The van der Waals surface area contributed by atoms with E-state index < -0.39 is 17.5 Å². The highest BCUT2D eigenvalue weighted by atomic mass is 79.9. The molecule has 0 radical (unpaired) electrons. The van der Waals surface area contributed by atoms with Gasteiger partial charge in [0.25, 0.3) is 0 Å². The Morgan fingerprint density at radius 2 is 1.94 bits per heavy atom. The van der Waals surface area contributed by atoms with Crippen LogP contribution in [-0.4, -0.2) is 18.7 Å². The van der Waals surface area contributed by atoms with E-state index in [0.29, 0.717) is 4.47 Å². The maximum atomic E-state index is 14.0. The number of hydrogen-bond donors (Lipinski definition) is 0. The van der Waals surface area contributed by atoms with Crippen LogP contribution in [0.1, 0.15) is 26.3 Å². The fourth-order valence-corrected chi connectivity index (χ4v) is 1.66. The smallest absolute Gasteiger partial charge is 0.414 e. The van der Waals surface area contributed by atoms with Crippen LogP contribution in [0.2, 0.25) is 0 Å². The molecule has 5 heteroatoms. The number of halogens is 2. The monoisotopic (exact) mass is 317 g/mol. The standard InChI is InChI=1S/C13H17BrFNO2/c1-8-6-7-9(11(15)10(8)14)16(5)12(17)18-13(2,3)4/h6-7H,1-5H3. The maximum Gasteiger partial charge on any atom is 0.414 e. The minimum Gasteiger partial charge on any atom is -0.443 e. The van der Waals surface area contributed by atoms with Crippen LogP contribution in [-0.2, 0) is 4.74 Å². The molecule has 3 nitrogen and oxygen atoms in total. The molecule has 0 heterocycles. The molecule has 0 aromatic heterocycles. The predicted octanol–water partition coefficient (Wildman–Crippen LogP) is 4.27. The maximum absolute atomic E-state index is 14.0. The van der Waals surface area contributed by atoms with Crippen molar-refractivity contribution in [2.75, 3.05) is 11.9 Å². The molecule has 1 aromatic carbocycles. The van der Waals surface area contributed by atoms with Gasteiger partial charge in [0.15, 0.2) is 5.82 Å². The van der Waals surface area contributed by atoms with Gasteiger partial charge in [-0.25, -0.2) is 9.18 Å². The number of aryl methyl sites for hydroxylation is 1. The molecule has 0 aliphatic heterocycles. The van der Waals surface area contributed by atoms with Gasteiger partial charge in [-0.3, -0.25) is 4.90 Å². The van der Waals surface area contributed by atoms with E-state index in [0.717, 1.165) is 10.5 Å². The summed E-state index contributed by atoms with van der Waals surface area (Å²) in [4.78, 5) is 13.0. The van der Waals surface area contributed by atoms with E-state index in [9.17, 15) is 9.18 Å². The number of hydrogen-bond acceptors (Lipinski definition) is 2. The summed E-state index contributed by atoms with van der Waals surface area (Å²) < 4.78 is 19.6. The zero-order valence-electron chi connectivity index (χ0n) is 11.2. The number of nitrogens with zero attached hydrogens (tertiary/aromatic N) is 1. The van der Waals surface area contributed by atoms with Crippen LogP contribution in [0.4, 0.5) is 14.9 Å². The summed E-state index contributed by atoms with van der Waals surface area (Å²) >= 11 is 3.16. The zero-order valence-corrected chi connectivity index (χ0v) is 12.8. The molecular weight excluding hydrogens is 301 g/mol. The Bertz CT molecular complexity index is 469. The molecule has 18 heavy (non-hydrogen) atoms. The van der Waals surface area contributed by atoms with Gasteiger partial charge in [0.1, 0.15) is 5.60 Å². The number of anilines is 1. The van der Waals surface area contributed by atoms with Crippen LogP contribution < -0.4 is 4.90 Å². The Morgan fingerprint density at radius 3 is 2.44 bits per heavy atom. The van der Waals surface area contributed by atoms with Crippen LogP contribution in [0.25, 0.3) is 0 Å². The SMILES string of the molecule is Cc1ccc(N(C)C(=O)OC(C)(C)C)c(F)c1Br. The van der Waals surface area contributed by atoms with Gasteiger partial charge in [-0.15, -0.1) is 0 Å². The first-order chi connectivity index (χ1) is 8.13. The van der Waals surface area contributed by atoms with Crippen molar-refractivity contribution in [3.63, 3.8) is 0 Å². The first-order valence-electron chi connectivity index (χ1n) is 5.55. The number of rotatable bonds is 1. The molecule has 0 aliphatic carbocycles. The van der Waals surface area contributed by atoms with Crippen molar-refractivity contribution < 1.29 is 13.9 Å².